The Morgan fingerprint density at radius 2 is 1.59 bits per heavy atom. The summed E-state index contributed by atoms with van der Waals surface area (Å²) in [5.74, 6) is -0.470. The second kappa shape index (κ2) is 11.3. The molecular weight excluding hydrogens is 376 g/mol. The maximum atomic E-state index is 12.2. The van der Waals surface area contributed by atoms with E-state index in [1.54, 1.807) is 62.4 Å². The number of carbonyl (C=O) groups is 3. The van der Waals surface area contributed by atoms with Crippen LogP contribution >= 0.6 is 0 Å². The number of amides is 2. The number of hydrogen-bond acceptors (Lipinski definition) is 6. The highest BCUT2D eigenvalue weighted by molar-refractivity contribution is 5.89. The van der Waals surface area contributed by atoms with Crippen LogP contribution in [0, 0.1) is 0 Å². The molecule has 0 heterocycles. The van der Waals surface area contributed by atoms with Gasteiger partial charge in [0, 0.05) is 0 Å². The number of carbonyl (C=O) groups excluding carboxylic acids is 3. The minimum atomic E-state index is -0.742. The Kier molecular flexibility index (Phi) is 8.50. The molecule has 0 aliphatic heterocycles. The van der Waals surface area contributed by atoms with E-state index in [9.17, 15) is 14.4 Å². The lowest BCUT2D eigenvalue weighted by Gasteiger charge is -2.17. The molecule has 2 amide bonds. The van der Waals surface area contributed by atoms with Gasteiger partial charge in [-0.3, -0.25) is 20.4 Å². The third kappa shape index (κ3) is 7.17. The molecule has 0 bridgehead atoms. The van der Waals surface area contributed by atoms with Crippen molar-refractivity contribution in [2.45, 2.75) is 26.4 Å². The van der Waals surface area contributed by atoms with Gasteiger partial charge in [-0.15, -0.1) is 0 Å². The summed E-state index contributed by atoms with van der Waals surface area (Å²) >= 11 is 0. The van der Waals surface area contributed by atoms with Crippen molar-refractivity contribution in [2.24, 2.45) is 0 Å². The van der Waals surface area contributed by atoms with Gasteiger partial charge in [0.2, 0.25) is 0 Å². The molecule has 2 N–H and O–H groups in total. The number of hydrazine groups is 1. The van der Waals surface area contributed by atoms with E-state index in [1.807, 2.05) is 6.07 Å². The summed E-state index contributed by atoms with van der Waals surface area (Å²) in [5, 5.41) is 0. The molecule has 0 aliphatic rings. The monoisotopic (exact) mass is 400 g/mol. The van der Waals surface area contributed by atoms with E-state index in [0.717, 1.165) is 0 Å². The summed E-state index contributed by atoms with van der Waals surface area (Å²) in [6.07, 6.45) is -0.311. The second-order valence-corrected chi connectivity index (χ2v) is 5.90. The molecule has 0 fully saturated rings. The van der Waals surface area contributed by atoms with Crippen LogP contribution in [0.25, 0.3) is 0 Å². The molecule has 0 spiro atoms. The average Bonchev–Trinajstić information content (AvgIpc) is 2.75. The number of rotatable bonds is 9. The number of ether oxygens (including phenoxy) is 3. The SMILES string of the molecule is CCOC(=O)c1ccc(OCC(=O)NNC(=O)C(CC)Oc2ccccc2)cc1. The van der Waals surface area contributed by atoms with Crippen LogP contribution in [0.4, 0.5) is 0 Å². The predicted octanol–water partition coefficient (Wildman–Crippen LogP) is 2.25. The van der Waals surface area contributed by atoms with Crippen molar-refractivity contribution in [2.75, 3.05) is 13.2 Å². The molecule has 0 saturated heterocycles. The number of nitrogens with one attached hydrogen (secondary N) is 2. The van der Waals surface area contributed by atoms with Crippen LogP contribution in [0.3, 0.4) is 0 Å². The molecule has 2 rings (SSSR count). The van der Waals surface area contributed by atoms with Crippen LogP contribution in [0.5, 0.6) is 11.5 Å². The van der Waals surface area contributed by atoms with Crippen molar-refractivity contribution in [1.29, 1.82) is 0 Å². The Morgan fingerprint density at radius 1 is 0.897 bits per heavy atom. The van der Waals surface area contributed by atoms with Crippen molar-refractivity contribution in [3.8, 4) is 11.5 Å². The lowest BCUT2D eigenvalue weighted by Crippen LogP contribution is -2.49. The molecule has 0 radical (unpaired) electrons. The van der Waals surface area contributed by atoms with Crippen molar-refractivity contribution >= 4 is 17.8 Å². The number of para-hydroxylation sites is 1. The van der Waals surface area contributed by atoms with Crippen molar-refractivity contribution < 1.29 is 28.6 Å². The standard InChI is InChI=1S/C21H24N2O6/c1-3-18(29-17-8-6-5-7-9-17)20(25)23-22-19(24)14-28-16-12-10-15(11-13-16)21(26)27-4-2/h5-13,18H,3-4,14H2,1-2H3,(H,22,24)(H,23,25). The molecule has 0 saturated carbocycles. The smallest absolute Gasteiger partial charge is 0.338 e. The van der Waals surface area contributed by atoms with E-state index < -0.39 is 23.9 Å². The van der Waals surface area contributed by atoms with E-state index in [1.165, 1.54) is 0 Å². The first-order valence-corrected chi connectivity index (χ1v) is 9.23. The van der Waals surface area contributed by atoms with E-state index in [2.05, 4.69) is 10.9 Å². The zero-order chi connectivity index (χ0) is 21.1. The van der Waals surface area contributed by atoms with Gasteiger partial charge in [-0.05, 0) is 49.7 Å². The molecule has 0 aromatic heterocycles. The Hall–Kier alpha value is -3.55. The summed E-state index contributed by atoms with van der Waals surface area (Å²) in [7, 11) is 0. The fourth-order valence-corrected chi connectivity index (χ4v) is 2.28. The first-order chi connectivity index (χ1) is 14.0. The van der Waals surface area contributed by atoms with Crippen LogP contribution in [0.15, 0.2) is 54.6 Å². The summed E-state index contributed by atoms with van der Waals surface area (Å²) < 4.78 is 15.8. The van der Waals surface area contributed by atoms with Crippen LogP contribution < -0.4 is 20.3 Å². The van der Waals surface area contributed by atoms with Crippen molar-refractivity contribution in [1.82, 2.24) is 10.9 Å². The van der Waals surface area contributed by atoms with Gasteiger partial charge in [0.15, 0.2) is 12.7 Å². The van der Waals surface area contributed by atoms with E-state index in [4.69, 9.17) is 14.2 Å². The third-order valence-corrected chi connectivity index (χ3v) is 3.75. The molecule has 29 heavy (non-hydrogen) atoms. The molecule has 2 aromatic carbocycles. The molecule has 8 nitrogen and oxygen atoms in total. The van der Waals surface area contributed by atoms with Gasteiger partial charge in [0.25, 0.3) is 11.8 Å². The summed E-state index contributed by atoms with van der Waals surface area (Å²) in [6.45, 7) is 3.51. The zero-order valence-corrected chi connectivity index (χ0v) is 16.3. The molecule has 154 valence electrons. The van der Waals surface area contributed by atoms with Gasteiger partial charge < -0.3 is 14.2 Å². The Morgan fingerprint density at radius 3 is 2.21 bits per heavy atom. The summed E-state index contributed by atoms with van der Waals surface area (Å²) in [4.78, 5) is 35.6. The van der Waals surface area contributed by atoms with Gasteiger partial charge >= 0.3 is 5.97 Å². The van der Waals surface area contributed by atoms with E-state index in [-0.39, 0.29) is 13.2 Å². The van der Waals surface area contributed by atoms with Gasteiger partial charge in [-0.25, -0.2) is 4.79 Å². The predicted molar refractivity (Wildman–Crippen MR) is 105 cm³/mol. The summed E-state index contributed by atoms with van der Waals surface area (Å²) in [5.41, 5.74) is 4.99. The quantitative estimate of drug-likeness (QED) is 0.494. The minimum Gasteiger partial charge on any atom is -0.484 e. The number of benzene rings is 2. The largest absolute Gasteiger partial charge is 0.484 e. The van der Waals surface area contributed by atoms with Crippen molar-refractivity contribution in [3.63, 3.8) is 0 Å². The molecule has 1 unspecified atom stereocenters. The average molecular weight is 400 g/mol. The highest BCUT2D eigenvalue weighted by Gasteiger charge is 2.19. The fourth-order valence-electron chi connectivity index (χ4n) is 2.28. The van der Waals surface area contributed by atoms with Crippen LogP contribution in [0.2, 0.25) is 0 Å². The molecular formula is C21H24N2O6. The van der Waals surface area contributed by atoms with Crippen molar-refractivity contribution in [3.05, 3.63) is 60.2 Å². The van der Waals surface area contributed by atoms with Crippen LogP contribution in [0.1, 0.15) is 30.6 Å². The molecule has 1 atom stereocenters. The lowest BCUT2D eigenvalue weighted by atomic mass is 10.2. The van der Waals surface area contributed by atoms with E-state index in [0.29, 0.717) is 23.5 Å². The van der Waals surface area contributed by atoms with Gasteiger partial charge in [-0.2, -0.15) is 0 Å². The van der Waals surface area contributed by atoms with Gasteiger partial charge in [0.1, 0.15) is 11.5 Å². The van der Waals surface area contributed by atoms with Crippen LogP contribution in [-0.2, 0) is 14.3 Å². The second-order valence-electron chi connectivity index (χ2n) is 5.90. The van der Waals surface area contributed by atoms with Gasteiger partial charge in [0.05, 0.1) is 12.2 Å². The topological polar surface area (TPSA) is 103 Å². The Labute approximate surface area is 169 Å². The van der Waals surface area contributed by atoms with Gasteiger partial charge in [-0.1, -0.05) is 25.1 Å². The third-order valence-electron chi connectivity index (χ3n) is 3.75. The maximum Gasteiger partial charge on any atom is 0.338 e. The number of esters is 1. The summed E-state index contributed by atoms with van der Waals surface area (Å²) in [6, 6.07) is 15.1. The Bertz CT molecular complexity index is 808. The normalized spacial score (nSPS) is 11.1. The lowest BCUT2D eigenvalue weighted by molar-refractivity contribution is -0.134. The highest BCUT2D eigenvalue weighted by atomic mass is 16.5. The van der Waals surface area contributed by atoms with Crippen LogP contribution in [-0.4, -0.2) is 37.1 Å². The number of hydrogen-bond donors (Lipinski definition) is 2. The zero-order valence-electron chi connectivity index (χ0n) is 16.3. The van der Waals surface area contributed by atoms with E-state index >= 15 is 0 Å². The minimum absolute atomic E-state index is 0.290. The fraction of sp³-hybridized carbons (Fsp3) is 0.286. The molecule has 0 aliphatic carbocycles. The molecule has 8 heteroatoms. The highest BCUT2D eigenvalue weighted by Crippen LogP contribution is 2.13. The maximum absolute atomic E-state index is 12.2. The first kappa shape index (κ1) is 21.7. The molecule has 2 aromatic rings. The Balaban J connectivity index is 1.75. The first-order valence-electron chi connectivity index (χ1n) is 9.23.